The van der Waals surface area contributed by atoms with E-state index < -0.39 is 5.91 Å². The van der Waals surface area contributed by atoms with Gasteiger partial charge in [0.05, 0.1) is 6.61 Å². The number of nitrogens with zero attached hydrogens (tertiary/aromatic N) is 2. The van der Waals surface area contributed by atoms with Crippen molar-refractivity contribution in [1.29, 1.82) is 5.26 Å². The molecular formula is C20H21N3O2. The van der Waals surface area contributed by atoms with Crippen molar-refractivity contribution in [1.82, 2.24) is 0 Å². The van der Waals surface area contributed by atoms with E-state index in [1.54, 1.807) is 18.2 Å². The van der Waals surface area contributed by atoms with Crippen molar-refractivity contribution in [3.05, 3.63) is 65.2 Å². The fourth-order valence-corrected chi connectivity index (χ4v) is 2.25. The van der Waals surface area contributed by atoms with Gasteiger partial charge in [-0.25, -0.2) is 0 Å². The maximum absolute atomic E-state index is 12.3. The molecule has 0 aromatic heterocycles. The Morgan fingerprint density at radius 2 is 1.84 bits per heavy atom. The molecule has 0 heterocycles. The predicted molar refractivity (Wildman–Crippen MR) is 100 cm³/mol. The van der Waals surface area contributed by atoms with Crippen LogP contribution < -0.4 is 10.2 Å². The molecule has 128 valence electrons. The minimum Gasteiger partial charge on any atom is -0.395 e. The quantitative estimate of drug-likeness (QED) is 0.628. The molecule has 0 aliphatic rings. The van der Waals surface area contributed by atoms with Gasteiger partial charge in [-0.2, -0.15) is 5.26 Å². The van der Waals surface area contributed by atoms with Gasteiger partial charge < -0.3 is 15.3 Å². The highest BCUT2D eigenvalue weighted by Crippen LogP contribution is 2.16. The van der Waals surface area contributed by atoms with E-state index in [2.05, 4.69) is 5.32 Å². The van der Waals surface area contributed by atoms with E-state index in [1.807, 2.05) is 61.3 Å². The lowest BCUT2D eigenvalue weighted by atomic mass is 10.1. The molecule has 0 bridgehead atoms. The molecule has 0 radical (unpaired) electrons. The summed E-state index contributed by atoms with van der Waals surface area (Å²) in [5, 5.41) is 21.0. The maximum Gasteiger partial charge on any atom is 0.266 e. The van der Waals surface area contributed by atoms with Crippen molar-refractivity contribution in [3.8, 4) is 6.07 Å². The van der Waals surface area contributed by atoms with Crippen LogP contribution in [0.1, 0.15) is 11.1 Å². The van der Waals surface area contributed by atoms with E-state index in [0.717, 1.165) is 16.8 Å². The van der Waals surface area contributed by atoms with Gasteiger partial charge in [0.1, 0.15) is 11.6 Å². The molecule has 0 fully saturated rings. The summed E-state index contributed by atoms with van der Waals surface area (Å²) in [4.78, 5) is 14.2. The van der Waals surface area contributed by atoms with Gasteiger partial charge in [-0.05, 0) is 42.8 Å². The highest BCUT2D eigenvalue weighted by atomic mass is 16.3. The first-order valence-corrected chi connectivity index (χ1v) is 7.95. The second-order valence-electron chi connectivity index (χ2n) is 5.73. The lowest BCUT2D eigenvalue weighted by molar-refractivity contribution is -0.112. The maximum atomic E-state index is 12.3. The fourth-order valence-electron chi connectivity index (χ4n) is 2.25. The second kappa shape index (κ2) is 8.67. The molecule has 0 saturated heterocycles. The number of carbonyl (C=O) groups excluding carboxylic acids is 1. The molecule has 0 unspecified atom stereocenters. The summed E-state index contributed by atoms with van der Waals surface area (Å²) in [5.74, 6) is -0.437. The number of aryl methyl sites for hydroxylation is 1. The van der Waals surface area contributed by atoms with Crippen LogP contribution in [0.15, 0.2) is 54.1 Å². The topological polar surface area (TPSA) is 76.4 Å². The van der Waals surface area contributed by atoms with Crippen molar-refractivity contribution in [2.45, 2.75) is 6.92 Å². The Hall–Kier alpha value is -3.10. The van der Waals surface area contributed by atoms with E-state index >= 15 is 0 Å². The minimum atomic E-state index is -0.437. The van der Waals surface area contributed by atoms with Gasteiger partial charge in [-0.3, -0.25) is 4.79 Å². The van der Waals surface area contributed by atoms with E-state index in [4.69, 9.17) is 5.11 Å². The number of amides is 1. The average molecular weight is 335 g/mol. The zero-order valence-electron chi connectivity index (χ0n) is 14.4. The van der Waals surface area contributed by atoms with Crippen molar-refractivity contribution in [3.63, 3.8) is 0 Å². The molecule has 0 aliphatic carbocycles. The highest BCUT2D eigenvalue weighted by Gasteiger charge is 2.09. The summed E-state index contributed by atoms with van der Waals surface area (Å²) < 4.78 is 0. The summed E-state index contributed by atoms with van der Waals surface area (Å²) in [7, 11) is 1.89. The molecule has 2 aromatic rings. The van der Waals surface area contributed by atoms with Gasteiger partial charge in [-0.1, -0.05) is 29.8 Å². The van der Waals surface area contributed by atoms with Crippen molar-refractivity contribution in [2.75, 3.05) is 30.4 Å². The Kier molecular flexibility index (Phi) is 6.33. The first kappa shape index (κ1) is 18.2. The SMILES string of the molecule is Cc1ccc(NC(=O)/C(C#N)=C/c2ccc(N(C)CCO)cc2)cc1. The number of hydrogen-bond acceptors (Lipinski definition) is 4. The molecule has 2 aromatic carbocycles. The number of benzene rings is 2. The van der Waals surface area contributed by atoms with Gasteiger partial charge >= 0.3 is 0 Å². The van der Waals surface area contributed by atoms with Crippen LogP contribution >= 0.6 is 0 Å². The Morgan fingerprint density at radius 1 is 1.20 bits per heavy atom. The number of aliphatic hydroxyl groups excluding tert-OH is 1. The largest absolute Gasteiger partial charge is 0.395 e. The number of nitrogens with one attached hydrogen (secondary N) is 1. The van der Waals surface area contributed by atoms with Crippen LogP contribution in [-0.4, -0.2) is 31.2 Å². The number of likely N-dealkylation sites (N-methyl/N-ethyl adjacent to an activating group) is 1. The first-order chi connectivity index (χ1) is 12.0. The first-order valence-electron chi connectivity index (χ1n) is 7.95. The molecule has 0 aliphatic heterocycles. The highest BCUT2D eigenvalue weighted by molar-refractivity contribution is 6.09. The van der Waals surface area contributed by atoms with Crippen LogP contribution in [-0.2, 0) is 4.79 Å². The Morgan fingerprint density at radius 3 is 2.40 bits per heavy atom. The van der Waals surface area contributed by atoms with E-state index in [-0.39, 0.29) is 12.2 Å². The molecule has 5 heteroatoms. The molecule has 5 nitrogen and oxygen atoms in total. The minimum absolute atomic E-state index is 0.0389. The molecule has 1 amide bonds. The summed E-state index contributed by atoms with van der Waals surface area (Å²) in [6.07, 6.45) is 1.55. The Bertz CT molecular complexity index is 787. The Labute approximate surface area is 147 Å². The summed E-state index contributed by atoms with van der Waals surface area (Å²) in [5.41, 5.74) is 3.50. The van der Waals surface area contributed by atoms with Crippen LogP contribution in [0.5, 0.6) is 0 Å². The summed E-state index contributed by atoms with van der Waals surface area (Å²) in [6, 6.07) is 16.8. The molecule has 2 rings (SSSR count). The lowest BCUT2D eigenvalue weighted by Gasteiger charge is -2.17. The third-order valence-corrected chi connectivity index (χ3v) is 3.75. The number of carbonyl (C=O) groups is 1. The molecular weight excluding hydrogens is 314 g/mol. The van der Waals surface area contributed by atoms with Gasteiger partial charge in [0, 0.05) is 25.0 Å². The van der Waals surface area contributed by atoms with Crippen LogP contribution in [0, 0.1) is 18.3 Å². The zero-order valence-corrected chi connectivity index (χ0v) is 14.4. The van der Waals surface area contributed by atoms with Crippen LogP contribution in [0.25, 0.3) is 6.08 Å². The number of anilines is 2. The predicted octanol–water partition coefficient (Wildman–Crippen LogP) is 2.97. The third kappa shape index (κ3) is 5.20. The summed E-state index contributed by atoms with van der Waals surface area (Å²) in [6.45, 7) is 2.58. The average Bonchev–Trinajstić information content (AvgIpc) is 2.62. The van der Waals surface area contributed by atoms with Crippen molar-refractivity contribution < 1.29 is 9.90 Å². The van der Waals surface area contributed by atoms with Crippen LogP contribution in [0.4, 0.5) is 11.4 Å². The fraction of sp³-hybridized carbons (Fsp3) is 0.200. The monoisotopic (exact) mass is 335 g/mol. The van der Waals surface area contributed by atoms with E-state index in [0.29, 0.717) is 12.2 Å². The number of rotatable bonds is 6. The molecule has 0 spiro atoms. The number of hydrogen-bond donors (Lipinski definition) is 2. The van der Waals surface area contributed by atoms with Gasteiger partial charge in [0.15, 0.2) is 0 Å². The second-order valence-corrected chi connectivity index (χ2v) is 5.73. The van der Waals surface area contributed by atoms with Crippen LogP contribution in [0.3, 0.4) is 0 Å². The van der Waals surface area contributed by atoms with Crippen molar-refractivity contribution in [2.24, 2.45) is 0 Å². The molecule has 25 heavy (non-hydrogen) atoms. The normalized spacial score (nSPS) is 10.9. The third-order valence-electron chi connectivity index (χ3n) is 3.75. The molecule has 0 saturated carbocycles. The summed E-state index contributed by atoms with van der Waals surface area (Å²) >= 11 is 0. The van der Waals surface area contributed by atoms with Crippen molar-refractivity contribution >= 4 is 23.4 Å². The lowest BCUT2D eigenvalue weighted by Crippen LogP contribution is -2.20. The zero-order chi connectivity index (χ0) is 18.2. The van der Waals surface area contributed by atoms with Crippen LogP contribution in [0.2, 0.25) is 0 Å². The number of nitriles is 1. The molecule has 2 N–H and O–H groups in total. The van der Waals surface area contributed by atoms with E-state index in [1.165, 1.54) is 0 Å². The Balaban J connectivity index is 2.12. The van der Waals surface area contributed by atoms with Gasteiger partial charge in [-0.15, -0.1) is 0 Å². The molecule has 0 atom stereocenters. The standard InChI is InChI=1S/C20H21N3O2/c1-15-3-7-18(8-4-15)22-20(25)17(14-21)13-16-5-9-19(10-6-16)23(2)11-12-24/h3-10,13,24H,11-12H2,1-2H3,(H,22,25)/b17-13+. The number of aliphatic hydroxyl groups is 1. The van der Waals surface area contributed by atoms with E-state index in [9.17, 15) is 10.1 Å². The smallest absolute Gasteiger partial charge is 0.266 e. The van der Waals surface area contributed by atoms with Gasteiger partial charge in [0.25, 0.3) is 5.91 Å². The van der Waals surface area contributed by atoms with Gasteiger partial charge in [0.2, 0.25) is 0 Å².